The van der Waals surface area contributed by atoms with Gasteiger partial charge in [0.25, 0.3) is 0 Å². The summed E-state index contributed by atoms with van der Waals surface area (Å²) >= 11 is 0. The van der Waals surface area contributed by atoms with Gasteiger partial charge < -0.3 is 23.9 Å². The number of piperidine rings is 1. The molecule has 3 unspecified atom stereocenters. The molecule has 1 amide bonds. The highest BCUT2D eigenvalue weighted by Gasteiger charge is 2.57. The molecule has 0 spiro atoms. The maximum atomic E-state index is 13.1. The summed E-state index contributed by atoms with van der Waals surface area (Å²) in [6.07, 6.45) is 1.26. The SMILES string of the molecule is CC(c1ncc[nH]1)N1CC2C(CN(Cc3cccc(OC(F)(F)F)c3)C(=O)Oc3cn(C)cn3)C2C1. The number of likely N-dealkylation sites (tertiary alicyclic amines) is 1. The minimum Gasteiger partial charge on any atom is -0.406 e. The monoisotopic (exact) mass is 504 g/mol. The second-order valence-electron chi connectivity index (χ2n) is 9.42. The highest BCUT2D eigenvalue weighted by Crippen LogP contribution is 2.53. The van der Waals surface area contributed by atoms with Crippen LogP contribution in [-0.4, -0.2) is 61.4 Å². The lowest BCUT2D eigenvalue weighted by molar-refractivity contribution is -0.274. The molecule has 36 heavy (non-hydrogen) atoms. The number of amides is 1. The first kappa shape index (κ1) is 24.2. The second-order valence-corrected chi connectivity index (χ2v) is 9.42. The molecule has 2 aliphatic rings. The molecule has 1 N–H and O–H groups in total. The van der Waals surface area contributed by atoms with E-state index < -0.39 is 12.5 Å². The average molecular weight is 505 g/mol. The van der Waals surface area contributed by atoms with Crippen molar-refractivity contribution in [1.82, 2.24) is 29.3 Å². The Hall–Kier alpha value is -3.54. The van der Waals surface area contributed by atoms with Crippen LogP contribution in [0.15, 0.2) is 49.2 Å². The normalized spacial score (nSPS) is 22.2. The van der Waals surface area contributed by atoms with Crippen molar-refractivity contribution in [3.8, 4) is 11.6 Å². The van der Waals surface area contributed by atoms with E-state index in [2.05, 4.69) is 31.5 Å². The van der Waals surface area contributed by atoms with Gasteiger partial charge in [0.15, 0.2) is 0 Å². The highest BCUT2D eigenvalue weighted by atomic mass is 19.4. The van der Waals surface area contributed by atoms with Crippen LogP contribution in [0.4, 0.5) is 18.0 Å². The van der Waals surface area contributed by atoms with Gasteiger partial charge in [-0.2, -0.15) is 0 Å². The smallest absolute Gasteiger partial charge is 0.406 e. The molecule has 2 aromatic heterocycles. The summed E-state index contributed by atoms with van der Waals surface area (Å²) in [6.45, 7) is 4.44. The number of fused-ring (bicyclic) bond motifs is 1. The fraction of sp³-hybridized carbons (Fsp3) is 0.458. The molecule has 2 fully saturated rings. The second kappa shape index (κ2) is 9.49. The summed E-state index contributed by atoms with van der Waals surface area (Å²) in [4.78, 5) is 28.5. The van der Waals surface area contributed by atoms with Crippen molar-refractivity contribution in [3.63, 3.8) is 0 Å². The third-order valence-electron chi connectivity index (χ3n) is 6.93. The van der Waals surface area contributed by atoms with Crippen LogP contribution in [0.3, 0.4) is 0 Å². The van der Waals surface area contributed by atoms with E-state index in [9.17, 15) is 18.0 Å². The number of H-pyrrole nitrogens is 1. The van der Waals surface area contributed by atoms with Crippen LogP contribution in [0.2, 0.25) is 0 Å². The summed E-state index contributed by atoms with van der Waals surface area (Å²) in [5, 5.41) is 0. The average Bonchev–Trinajstić information content (AvgIpc) is 3.33. The Morgan fingerprint density at radius 3 is 2.69 bits per heavy atom. The third-order valence-corrected chi connectivity index (χ3v) is 6.93. The van der Waals surface area contributed by atoms with Crippen LogP contribution in [-0.2, 0) is 13.6 Å². The van der Waals surface area contributed by atoms with E-state index >= 15 is 0 Å². The number of benzene rings is 1. The molecule has 0 radical (unpaired) electrons. The third kappa shape index (κ3) is 5.48. The number of aromatic amines is 1. The minimum atomic E-state index is -4.79. The lowest BCUT2D eigenvalue weighted by Crippen LogP contribution is -2.37. The molecular formula is C24H27F3N6O3. The molecule has 1 saturated carbocycles. The Labute approximate surface area is 205 Å². The van der Waals surface area contributed by atoms with Crippen molar-refractivity contribution < 1.29 is 27.4 Å². The largest absolute Gasteiger partial charge is 0.573 e. The van der Waals surface area contributed by atoms with E-state index in [1.165, 1.54) is 29.4 Å². The highest BCUT2D eigenvalue weighted by molar-refractivity contribution is 5.70. The molecule has 1 saturated heterocycles. The molecule has 12 heteroatoms. The van der Waals surface area contributed by atoms with Crippen molar-refractivity contribution in [2.24, 2.45) is 24.8 Å². The first-order valence-corrected chi connectivity index (χ1v) is 11.7. The minimum absolute atomic E-state index is 0.0865. The van der Waals surface area contributed by atoms with Gasteiger partial charge in [0.2, 0.25) is 5.88 Å². The number of halogens is 3. The van der Waals surface area contributed by atoms with Crippen molar-refractivity contribution in [1.29, 1.82) is 0 Å². The van der Waals surface area contributed by atoms with Crippen molar-refractivity contribution >= 4 is 6.09 Å². The molecule has 3 aromatic rings. The van der Waals surface area contributed by atoms with Crippen molar-refractivity contribution in [2.45, 2.75) is 25.9 Å². The Kier molecular flexibility index (Phi) is 6.37. The van der Waals surface area contributed by atoms with Crippen LogP contribution >= 0.6 is 0 Å². The Bertz CT molecular complexity index is 1190. The fourth-order valence-electron chi connectivity index (χ4n) is 5.06. The summed E-state index contributed by atoms with van der Waals surface area (Å²) < 4.78 is 49.2. The summed E-state index contributed by atoms with van der Waals surface area (Å²) in [5.74, 6) is 1.92. The van der Waals surface area contributed by atoms with Gasteiger partial charge in [-0.25, -0.2) is 14.8 Å². The number of hydrogen-bond acceptors (Lipinski definition) is 6. The van der Waals surface area contributed by atoms with Crippen molar-refractivity contribution in [3.05, 3.63) is 60.6 Å². The molecule has 1 aliphatic carbocycles. The Balaban J connectivity index is 1.26. The standard InChI is InChI=1S/C24H27F3N6O3/c1-15(22-28-6-7-29-22)32-10-18-19(11-32)20(18)12-33(23(34)35-21-13-31(2)14-30-21)9-16-4-3-5-17(8-16)36-24(25,26)27/h3-8,13-15,18-20H,9-12H2,1-2H3,(H,28,29). The first-order valence-electron chi connectivity index (χ1n) is 11.7. The fourth-order valence-corrected chi connectivity index (χ4v) is 5.06. The molecule has 5 rings (SSSR count). The summed E-state index contributed by atoms with van der Waals surface area (Å²) in [6, 6.07) is 5.82. The topological polar surface area (TPSA) is 88.5 Å². The van der Waals surface area contributed by atoms with Crippen LogP contribution in [0.1, 0.15) is 24.4 Å². The first-order chi connectivity index (χ1) is 17.2. The molecular weight excluding hydrogens is 477 g/mol. The van der Waals surface area contributed by atoms with Crippen LogP contribution < -0.4 is 9.47 Å². The van der Waals surface area contributed by atoms with Gasteiger partial charge in [0.05, 0.1) is 18.6 Å². The Morgan fingerprint density at radius 2 is 2.06 bits per heavy atom. The van der Waals surface area contributed by atoms with E-state index in [0.717, 1.165) is 18.9 Å². The lowest BCUT2D eigenvalue weighted by atomic mass is 10.1. The summed E-state index contributed by atoms with van der Waals surface area (Å²) in [7, 11) is 1.76. The summed E-state index contributed by atoms with van der Waals surface area (Å²) in [5.41, 5.74) is 0.508. The molecule has 192 valence electrons. The van der Waals surface area contributed by atoms with Crippen LogP contribution in [0, 0.1) is 17.8 Å². The van der Waals surface area contributed by atoms with Gasteiger partial charge in [0.1, 0.15) is 11.6 Å². The molecule has 3 atom stereocenters. The number of alkyl halides is 3. The number of aromatic nitrogens is 4. The van der Waals surface area contributed by atoms with E-state index in [1.807, 2.05) is 6.20 Å². The lowest BCUT2D eigenvalue weighted by Gasteiger charge is -2.27. The van der Waals surface area contributed by atoms with E-state index in [1.54, 1.807) is 30.1 Å². The predicted octanol–water partition coefficient (Wildman–Crippen LogP) is 3.98. The van der Waals surface area contributed by atoms with Gasteiger partial charge in [-0.15, -0.1) is 13.2 Å². The van der Waals surface area contributed by atoms with Crippen LogP contribution in [0.5, 0.6) is 11.6 Å². The number of hydrogen-bond donors (Lipinski definition) is 1. The van der Waals surface area contributed by atoms with Crippen molar-refractivity contribution in [2.75, 3.05) is 19.6 Å². The molecule has 1 aliphatic heterocycles. The van der Waals surface area contributed by atoms with Gasteiger partial charge in [-0.05, 0) is 42.4 Å². The number of nitrogens with one attached hydrogen (secondary N) is 1. The van der Waals surface area contributed by atoms with Gasteiger partial charge in [0, 0.05) is 45.6 Å². The molecule has 9 nitrogen and oxygen atoms in total. The number of imidazole rings is 2. The zero-order valence-corrected chi connectivity index (χ0v) is 19.9. The van der Waals surface area contributed by atoms with Crippen LogP contribution in [0.25, 0.3) is 0 Å². The predicted molar refractivity (Wildman–Crippen MR) is 122 cm³/mol. The van der Waals surface area contributed by atoms with E-state index in [4.69, 9.17) is 4.74 Å². The quantitative estimate of drug-likeness (QED) is 0.499. The number of ether oxygens (including phenoxy) is 2. The maximum Gasteiger partial charge on any atom is 0.573 e. The number of carbonyl (C=O) groups excluding carboxylic acids is 1. The number of aryl methyl sites for hydroxylation is 1. The maximum absolute atomic E-state index is 13.1. The zero-order valence-electron chi connectivity index (χ0n) is 19.9. The van der Waals surface area contributed by atoms with Gasteiger partial charge in [-0.3, -0.25) is 4.90 Å². The molecule has 1 aromatic carbocycles. The number of nitrogens with zero attached hydrogens (tertiary/aromatic N) is 5. The van der Waals surface area contributed by atoms with Gasteiger partial charge in [-0.1, -0.05) is 12.1 Å². The van der Waals surface area contributed by atoms with Gasteiger partial charge >= 0.3 is 12.5 Å². The van der Waals surface area contributed by atoms with E-state index in [-0.39, 0.29) is 30.1 Å². The molecule has 0 bridgehead atoms. The molecule has 3 heterocycles. The Morgan fingerprint density at radius 1 is 1.28 bits per heavy atom. The number of rotatable bonds is 8. The zero-order chi connectivity index (χ0) is 25.4. The van der Waals surface area contributed by atoms with E-state index in [0.29, 0.717) is 23.9 Å². The number of carbonyl (C=O) groups is 1.